The van der Waals surface area contributed by atoms with Gasteiger partial charge in [0.25, 0.3) is 0 Å². The Labute approximate surface area is 140 Å². The zero-order valence-electron chi connectivity index (χ0n) is 14.6. The van der Waals surface area contributed by atoms with Crippen LogP contribution in [0.3, 0.4) is 0 Å². The molecule has 0 saturated carbocycles. The number of hydrogen-bond acceptors (Lipinski definition) is 1. The molecule has 2 rings (SSSR count). The van der Waals surface area contributed by atoms with Crippen LogP contribution in [0.5, 0.6) is 0 Å². The molecule has 2 heterocycles. The summed E-state index contributed by atoms with van der Waals surface area (Å²) in [4.78, 5) is 4.98. The van der Waals surface area contributed by atoms with Crippen LogP contribution in [-0.2, 0) is 0 Å². The molecule has 3 heteroatoms. The topological polar surface area (TPSA) is 17.3 Å². The van der Waals surface area contributed by atoms with Crippen molar-refractivity contribution in [1.82, 2.24) is 9.38 Å². The number of hydrogen-bond donors (Lipinski definition) is 0. The third-order valence-electron chi connectivity index (χ3n) is 4.97. The predicted octanol–water partition coefficient (Wildman–Crippen LogP) is 5.39. The predicted molar refractivity (Wildman–Crippen MR) is 99.7 cm³/mol. The van der Waals surface area contributed by atoms with Crippen molar-refractivity contribution in [3.05, 3.63) is 30.7 Å². The third kappa shape index (κ3) is 4.06. The fourth-order valence-electron chi connectivity index (χ4n) is 3.63. The van der Waals surface area contributed by atoms with Gasteiger partial charge in [0.05, 0.1) is 0 Å². The van der Waals surface area contributed by atoms with E-state index in [-0.39, 0.29) is 0 Å². The van der Waals surface area contributed by atoms with E-state index in [1.807, 2.05) is 0 Å². The van der Waals surface area contributed by atoms with E-state index >= 15 is 0 Å². The maximum atomic E-state index is 4.98. The first kappa shape index (κ1) is 17.8. The van der Waals surface area contributed by atoms with Gasteiger partial charge in [0.15, 0.2) is 0 Å². The molecule has 22 heavy (non-hydrogen) atoms. The first-order chi connectivity index (χ1) is 10.8. The fourth-order valence-corrected chi connectivity index (χ4v) is 19.7. The molecule has 122 valence electrons. The summed E-state index contributed by atoms with van der Waals surface area (Å²) in [6, 6.07) is 6.58. The van der Waals surface area contributed by atoms with Gasteiger partial charge in [-0.15, -0.1) is 0 Å². The molecule has 0 saturated heterocycles. The first-order valence-electron chi connectivity index (χ1n) is 9.19. The summed E-state index contributed by atoms with van der Waals surface area (Å²) in [5.74, 6) is 0. The second kappa shape index (κ2) is 8.95. The fraction of sp³-hybridized carbons (Fsp3) is 0.632. The number of nitrogens with zero attached hydrogens (tertiary/aromatic N) is 2. The van der Waals surface area contributed by atoms with Crippen LogP contribution < -0.4 is 3.71 Å². The minimum absolute atomic E-state index is 1.32. The van der Waals surface area contributed by atoms with Gasteiger partial charge in [-0.05, 0) is 0 Å². The zero-order chi connectivity index (χ0) is 15.8. The van der Waals surface area contributed by atoms with E-state index < -0.39 is 18.4 Å². The maximum absolute atomic E-state index is 4.98. The van der Waals surface area contributed by atoms with Gasteiger partial charge in [-0.2, -0.15) is 0 Å². The summed E-state index contributed by atoms with van der Waals surface area (Å²) >= 11 is -2.38. The van der Waals surface area contributed by atoms with Gasteiger partial charge < -0.3 is 0 Å². The SMILES string of the molecule is CCC[CH2][Sn]([CH2]CCC)([CH2]CCC)[c]1ncn2ccccc12. The van der Waals surface area contributed by atoms with Crippen molar-refractivity contribution in [3.8, 4) is 0 Å². The number of unbranched alkanes of at least 4 members (excludes halogenated alkanes) is 3. The Morgan fingerprint density at radius 2 is 1.50 bits per heavy atom. The number of pyridine rings is 1. The normalized spacial score (nSPS) is 12.1. The Morgan fingerprint density at radius 1 is 0.909 bits per heavy atom. The minimum atomic E-state index is -2.38. The number of imidazole rings is 1. The summed E-state index contributed by atoms with van der Waals surface area (Å²) in [7, 11) is 0. The molecule has 0 spiro atoms. The summed E-state index contributed by atoms with van der Waals surface area (Å²) in [6.07, 6.45) is 12.4. The summed E-state index contributed by atoms with van der Waals surface area (Å²) in [5, 5.41) is 0. The third-order valence-corrected chi connectivity index (χ3v) is 20.2. The van der Waals surface area contributed by atoms with E-state index in [1.165, 1.54) is 57.4 Å². The van der Waals surface area contributed by atoms with Gasteiger partial charge in [-0.1, -0.05) is 0 Å². The Kier molecular flexibility index (Phi) is 7.26. The second-order valence-corrected chi connectivity index (χ2v) is 19.6. The van der Waals surface area contributed by atoms with Gasteiger partial charge in [-0.3, -0.25) is 0 Å². The zero-order valence-corrected chi connectivity index (χ0v) is 17.5. The van der Waals surface area contributed by atoms with Crippen molar-refractivity contribution in [2.24, 2.45) is 0 Å². The van der Waals surface area contributed by atoms with E-state index in [2.05, 4.69) is 55.9 Å². The Hall–Kier alpha value is -0.511. The van der Waals surface area contributed by atoms with Crippen LogP contribution in [0, 0.1) is 0 Å². The average molecular weight is 407 g/mol. The summed E-state index contributed by atoms with van der Waals surface area (Å²) < 4.78 is 8.28. The molecule has 0 N–H and O–H groups in total. The molecule has 0 aliphatic rings. The average Bonchev–Trinajstić information content (AvgIpc) is 2.99. The Morgan fingerprint density at radius 3 is 2.05 bits per heavy atom. The molecular formula is C19H32N2Sn. The van der Waals surface area contributed by atoms with E-state index in [1.54, 1.807) is 3.71 Å². The van der Waals surface area contributed by atoms with Gasteiger partial charge >= 0.3 is 140 Å². The first-order valence-corrected chi connectivity index (χ1v) is 16.7. The van der Waals surface area contributed by atoms with Crippen LogP contribution in [-0.4, -0.2) is 27.8 Å². The standard InChI is InChI=1S/C7H5N2.3C4H9.Sn/c1-2-4-9-6-8-5-7(9)3-1;3*1-3-4-2;/h1-4,6H;3*1,3-4H2,2H3;. The van der Waals surface area contributed by atoms with Crippen molar-refractivity contribution in [1.29, 1.82) is 0 Å². The number of aromatic nitrogens is 2. The summed E-state index contributed by atoms with van der Waals surface area (Å²) in [6.45, 7) is 7.00. The van der Waals surface area contributed by atoms with Crippen LogP contribution in [0.4, 0.5) is 0 Å². The molecule has 2 aromatic heterocycles. The van der Waals surface area contributed by atoms with Gasteiger partial charge in [-0.25, -0.2) is 0 Å². The molecule has 0 atom stereocenters. The van der Waals surface area contributed by atoms with Crippen LogP contribution in [0.2, 0.25) is 13.3 Å². The number of fused-ring (bicyclic) bond motifs is 1. The quantitative estimate of drug-likeness (QED) is 0.483. The van der Waals surface area contributed by atoms with Gasteiger partial charge in [0.2, 0.25) is 0 Å². The second-order valence-electron chi connectivity index (χ2n) is 6.68. The van der Waals surface area contributed by atoms with Crippen molar-refractivity contribution >= 4 is 27.6 Å². The molecular weight excluding hydrogens is 375 g/mol. The molecule has 0 aliphatic carbocycles. The van der Waals surface area contributed by atoms with Crippen LogP contribution >= 0.6 is 0 Å². The van der Waals surface area contributed by atoms with Crippen LogP contribution in [0.1, 0.15) is 59.3 Å². The van der Waals surface area contributed by atoms with E-state index in [4.69, 9.17) is 4.98 Å². The Bertz CT molecular complexity index is 540. The monoisotopic (exact) mass is 408 g/mol. The van der Waals surface area contributed by atoms with E-state index in [0.29, 0.717) is 0 Å². The molecule has 0 unspecified atom stereocenters. The van der Waals surface area contributed by atoms with Gasteiger partial charge in [0.1, 0.15) is 0 Å². The van der Waals surface area contributed by atoms with Crippen LogP contribution in [0.15, 0.2) is 30.7 Å². The molecule has 0 amide bonds. The molecule has 0 aliphatic heterocycles. The van der Waals surface area contributed by atoms with E-state index in [0.717, 1.165) is 0 Å². The molecule has 0 radical (unpaired) electrons. The molecule has 0 fully saturated rings. The van der Waals surface area contributed by atoms with Crippen molar-refractivity contribution in [2.75, 3.05) is 0 Å². The number of rotatable bonds is 10. The molecule has 2 aromatic rings. The summed E-state index contributed by atoms with van der Waals surface area (Å²) in [5.41, 5.74) is 1.40. The van der Waals surface area contributed by atoms with Crippen molar-refractivity contribution in [3.63, 3.8) is 0 Å². The van der Waals surface area contributed by atoms with Crippen molar-refractivity contribution in [2.45, 2.75) is 72.6 Å². The van der Waals surface area contributed by atoms with Crippen molar-refractivity contribution < 1.29 is 0 Å². The Balaban J connectivity index is 2.42. The molecule has 0 aromatic carbocycles. The molecule has 2 nitrogen and oxygen atoms in total. The molecule has 0 bridgehead atoms. The van der Waals surface area contributed by atoms with Crippen LogP contribution in [0.25, 0.3) is 5.52 Å². The van der Waals surface area contributed by atoms with E-state index in [9.17, 15) is 0 Å². The van der Waals surface area contributed by atoms with Gasteiger partial charge in [0, 0.05) is 0 Å².